The zero-order valence-corrected chi connectivity index (χ0v) is 18.1. The number of rotatable bonds is 6. The van der Waals surface area contributed by atoms with Crippen LogP contribution in [0.25, 0.3) is 0 Å². The minimum Gasteiger partial charge on any atom is -0.379 e. The van der Waals surface area contributed by atoms with E-state index < -0.39 is 0 Å². The Labute approximate surface area is 165 Å². The zero-order valence-electron chi connectivity index (χ0n) is 15.8. The molecule has 24 heavy (non-hydrogen) atoms. The highest BCUT2D eigenvalue weighted by molar-refractivity contribution is 14.0. The molecule has 0 aromatic carbocycles. The van der Waals surface area contributed by atoms with Crippen LogP contribution in [0.1, 0.15) is 52.4 Å². The summed E-state index contributed by atoms with van der Waals surface area (Å²) in [7, 11) is 1.86. The third-order valence-corrected chi connectivity index (χ3v) is 5.35. The molecular formula is C18H37IN4O. The lowest BCUT2D eigenvalue weighted by Gasteiger charge is -2.41. The van der Waals surface area contributed by atoms with Gasteiger partial charge in [0, 0.05) is 38.8 Å². The van der Waals surface area contributed by atoms with Gasteiger partial charge in [0.25, 0.3) is 0 Å². The second-order valence-corrected chi connectivity index (χ2v) is 7.56. The topological polar surface area (TPSA) is 48.9 Å². The van der Waals surface area contributed by atoms with Crippen molar-refractivity contribution in [2.75, 3.05) is 46.4 Å². The van der Waals surface area contributed by atoms with Crippen LogP contribution >= 0.6 is 24.0 Å². The maximum absolute atomic E-state index is 5.45. The van der Waals surface area contributed by atoms with Gasteiger partial charge in [-0.1, -0.05) is 32.1 Å². The first kappa shape index (κ1) is 22.0. The molecular weight excluding hydrogens is 415 g/mol. The first-order valence-corrected chi connectivity index (χ1v) is 9.39. The molecule has 0 aromatic rings. The summed E-state index contributed by atoms with van der Waals surface area (Å²) in [5.41, 5.74) is 0.116. The van der Waals surface area contributed by atoms with Crippen LogP contribution in [0.15, 0.2) is 4.99 Å². The van der Waals surface area contributed by atoms with Gasteiger partial charge in [-0.25, -0.2) is 0 Å². The van der Waals surface area contributed by atoms with Crippen molar-refractivity contribution in [3.05, 3.63) is 0 Å². The monoisotopic (exact) mass is 452 g/mol. The van der Waals surface area contributed by atoms with Crippen LogP contribution in [0.2, 0.25) is 0 Å². The van der Waals surface area contributed by atoms with E-state index in [1.807, 2.05) is 7.05 Å². The van der Waals surface area contributed by atoms with Crippen LogP contribution in [-0.2, 0) is 4.74 Å². The van der Waals surface area contributed by atoms with E-state index in [0.29, 0.717) is 0 Å². The van der Waals surface area contributed by atoms with Gasteiger partial charge in [-0.05, 0) is 26.2 Å². The van der Waals surface area contributed by atoms with Crippen LogP contribution in [0, 0.1) is 5.92 Å². The SMILES string of the molecule is CN=C(NCCC1CCCCC1)NCC(C)(C)N1CCOCC1.I. The third-order valence-electron chi connectivity index (χ3n) is 5.35. The lowest BCUT2D eigenvalue weighted by molar-refractivity contribution is -0.00834. The molecule has 0 unspecified atom stereocenters. The summed E-state index contributed by atoms with van der Waals surface area (Å²) in [5.74, 6) is 1.85. The Morgan fingerprint density at radius 2 is 1.79 bits per heavy atom. The van der Waals surface area contributed by atoms with E-state index in [4.69, 9.17) is 4.74 Å². The Balaban J connectivity index is 0.00000288. The largest absolute Gasteiger partial charge is 0.379 e. The van der Waals surface area contributed by atoms with Gasteiger partial charge in [0.05, 0.1) is 13.2 Å². The molecule has 1 saturated heterocycles. The quantitative estimate of drug-likeness (QED) is 0.370. The fourth-order valence-corrected chi connectivity index (χ4v) is 3.67. The highest BCUT2D eigenvalue weighted by Crippen LogP contribution is 2.25. The number of nitrogens with one attached hydrogen (secondary N) is 2. The van der Waals surface area contributed by atoms with Crippen molar-refractivity contribution in [1.82, 2.24) is 15.5 Å². The molecule has 6 heteroatoms. The lowest BCUT2D eigenvalue weighted by atomic mass is 9.87. The molecule has 2 rings (SSSR count). The summed E-state index contributed by atoms with van der Waals surface area (Å²) >= 11 is 0. The molecule has 142 valence electrons. The van der Waals surface area contributed by atoms with Gasteiger partial charge < -0.3 is 15.4 Å². The van der Waals surface area contributed by atoms with Crippen molar-refractivity contribution in [3.63, 3.8) is 0 Å². The number of halogens is 1. The van der Waals surface area contributed by atoms with E-state index in [1.165, 1.54) is 38.5 Å². The third kappa shape index (κ3) is 7.44. The van der Waals surface area contributed by atoms with Gasteiger partial charge in [0.2, 0.25) is 0 Å². The normalized spacial score (nSPS) is 21.2. The van der Waals surface area contributed by atoms with Crippen molar-refractivity contribution in [2.45, 2.75) is 57.9 Å². The van der Waals surface area contributed by atoms with E-state index in [1.54, 1.807) is 0 Å². The lowest BCUT2D eigenvalue weighted by Crippen LogP contribution is -2.56. The molecule has 0 atom stereocenters. The zero-order chi connectivity index (χ0) is 16.5. The summed E-state index contributed by atoms with van der Waals surface area (Å²) in [6, 6.07) is 0. The molecule has 0 bridgehead atoms. The summed E-state index contributed by atoms with van der Waals surface area (Å²) in [6.45, 7) is 10.2. The van der Waals surface area contributed by atoms with E-state index >= 15 is 0 Å². The minimum absolute atomic E-state index is 0. The Kier molecular flexibility index (Phi) is 10.5. The first-order valence-electron chi connectivity index (χ1n) is 9.39. The molecule has 2 aliphatic rings. The van der Waals surface area contributed by atoms with Gasteiger partial charge in [-0.3, -0.25) is 9.89 Å². The molecule has 0 aromatic heterocycles. The average Bonchev–Trinajstić information content (AvgIpc) is 2.59. The number of nitrogens with zero attached hydrogens (tertiary/aromatic N) is 2. The highest BCUT2D eigenvalue weighted by atomic mass is 127. The second-order valence-electron chi connectivity index (χ2n) is 7.56. The molecule has 1 aliphatic heterocycles. The Morgan fingerprint density at radius 1 is 1.12 bits per heavy atom. The van der Waals surface area contributed by atoms with Gasteiger partial charge in [0.1, 0.15) is 0 Å². The van der Waals surface area contributed by atoms with Gasteiger partial charge in [0.15, 0.2) is 5.96 Å². The predicted octanol–water partition coefficient (Wildman–Crippen LogP) is 2.85. The Bertz CT molecular complexity index is 364. The maximum atomic E-state index is 5.45. The molecule has 0 radical (unpaired) electrons. The van der Waals surface area contributed by atoms with Crippen LogP contribution in [-0.4, -0.2) is 62.8 Å². The summed E-state index contributed by atoms with van der Waals surface area (Å²) in [5, 5.41) is 6.99. The van der Waals surface area contributed by atoms with Crippen molar-refractivity contribution < 1.29 is 4.74 Å². The molecule has 2 fully saturated rings. The van der Waals surface area contributed by atoms with E-state index in [-0.39, 0.29) is 29.5 Å². The molecule has 1 aliphatic carbocycles. The number of morpholine rings is 1. The fraction of sp³-hybridized carbons (Fsp3) is 0.944. The summed E-state index contributed by atoms with van der Waals surface area (Å²) in [6.07, 6.45) is 8.38. The fourth-order valence-electron chi connectivity index (χ4n) is 3.67. The van der Waals surface area contributed by atoms with Crippen LogP contribution in [0.3, 0.4) is 0 Å². The van der Waals surface area contributed by atoms with Crippen LogP contribution in [0.4, 0.5) is 0 Å². The molecule has 0 amide bonds. The van der Waals surface area contributed by atoms with Gasteiger partial charge in [-0.15, -0.1) is 24.0 Å². The highest BCUT2D eigenvalue weighted by Gasteiger charge is 2.28. The first-order chi connectivity index (χ1) is 11.1. The smallest absolute Gasteiger partial charge is 0.191 e. The number of hydrogen-bond acceptors (Lipinski definition) is 3. The standard InChI is InChI=1S/C18H36N4O.HI/c1-18(2,22-11-13-23-14-12-22)15-21-17(19-3)20-10-9-16-7-5-4-6-8-16;/h16H,4-15H2,1-3H3,(H2,19,20,21);1H. The van der Waals surface area contributed by atoms with Crippen molar-refractivity contribution in [2.24, 2.45) is 10.9 Å². The minimum atomic E-state index is 0. The Hall–Kier alpha value is -0.0800. The van der Waals surface area contributed by atoms with Crippen LogP contribution in [0.5, 0.6) is 0 Å². The van der Waals surface area contributed by atoms with E-state index in [2.05, 4.69) is 34.4 Å². The van der Waals surface area contributed by atoms with Crippen molar-refractivity contribution in [3.8, 4) is 0 Å². The number of guanidine groups is 1. The number of hydrogen-bond donors (Lipinski definition) is 2. The Morgan fingerprint density at radius 3 is 2.42 bits per heavy atom. The maximum Gasteiger partial charge on any atom is 0.191 e. The van der Waals surface area contributed by atoms with E-state index in [9.17, 15) is 0 Å². The predicted molar refractivity (Wildman–Crippen MR) is 112 cm³/mol. The van der Waals surface area contributed by atoms with Gasteiger partial charge >= 0.3 is 0 Å². The number of ether oxygens (including phenoxy) is 1. The van der Waals surface area contributed by atoms with Crippen molar-refractivity contribution in [1.29, 1.82) is 0 Å². The summed E-state index contributed by atoms with van der Waals surface area (Å²) < 4.78 is 5.45. The van der Waals surface area contributed by atoms with Crippen LogP contribution < -0.4 is 10.6 Å². The molecule has 5 nitrogen and oxygen atoms in total. The van der Waals surface area contributed by atoms with E-state index in [0.717, 1.165) is 51.3 Å². The molecule has 1 saturated carbocycles. The average molecular weight is 452 g/mol. The van der Waals surface area contributed by atoms with Crippen molar-refractivity contribution >= 4 is 29.9 Å². The van der Waals surface area contributed by atoms with Gasteiger partial charge in [-0.2, -0.15) is 0 Å². The summed E-state index contributed by atoms with van der Waals surface area (Å²) in [4.78, 5) is 6.87. The number of aliphatic imine (C=N–C) groups is 1. The molecule has 0 spiro atoms. The molecule has 1 heterocycles. The second kappa shape index (κ2) is 11.5. The molecule has 2 N–H and O–H groups in total.